The first-order valence-corrected chi connectivity index (χ1v) is 7.14. The van der Waals surface area contributed by atoms with E-state index in [0.29, 0.717) is 12.1 Å². The zero-order chi connectivity index (χ0) is 12.3. The van der Waals surface area contributed by atoms with Crippen LogP contribution in [0.5, 0.6) is 0 Å². The first-order valence-electron chi connectivity index (χ1n) is 7.14. The van der Waals surface area contributed by atoms with Crippen LogP contribution in [0.3, 0.4) is 0 Å². The highest BCUT2D eigenvalue weighted by Gasteiger charge is 2.29. The molecule has 2 saturated carbocycles. The van der Waals surface area contributed by atoms with Crippen LogP contribution in [0.4, 0.5) is 0 Å². The normalized spacial score (nSPS) is 38.9. The molecule has 4 atom stereocenters. The van der Waals surface area contributed by atoms with E-state index in [1.807, 2.05) is 0 Å². The molecule has 0 aromatic heterocycles. The molecule has 4 unspecified atom stereocenters. The number of hydrogen-bond acceptors (Lipinski definition) is 2. The average molecular weight is 239 g/mol. The molecule has 2 fully saturated rings. The van der Waals surface area contributed by atoms with Gasteiger partial charge in [0.15, 0.2) is 0 Å². The standard InChI is InChI=1S/C14H25NO2/c1-10-4-2-6-12(8-10)15-13-7-3-5-11(9-13)14(16)17/h10-13,15H,2-9H2,1H3,(H,16,17). The SMILES string of the molecule is CC1CCCC(NC2CCCC(C(=O)O)C2)C1. The molecule has 3 heteroatoms. The van der Waals surface area contributed by atoms with Crippen LogP contribution in [0.15, 0.2) is 0 Å². The summed E-state index contributed by atoms with van der Waals surface area (Å²) < 4.78 is 0. The van der Waals surface area contributed by atoms with E-state index in [4.69, 9.17) is 5.11 Å². The minimum absolute atomic E-state index is 0.109. The molecule has 2 rings (SSSR count). The van der Waals surface area contributed by atoms with Crippen LogP contribution >= 0.6 is 0 Å². The number of nitrogens with one attached hydrogen (secondary N) is 1. The predicted octanol–water partition coefficient (Wildman–Crippen LogP) is 2.80. The van der Waals surface area contributed by atoms with Crippen molar-refractivity contribution in [3.8, 4) is 0 Å². The fourth-order valence-corrected chi connectivity index (χ4v) is 3.48. The molecule has 0 radical (unpaired) electrons. The van der Waals surface area contributed by atoms with Gasteiger partial charge in [0.2, 0.25) is 0 Å². The molecule has 0 aromatic carbocycles. The maximum atomic E-state index is 11.0. The Morgan fingerprint density at radius 1 is 1.06 bits per heavy atom. The Balaban J connectivity index is 1.79. The third kappa shape index (κ3) is 3.70. The molecule has 2 N–H and O–H groups in total. The maximum absolute atomic E-state index is 11.0. The van der Waals surface area contributed by atoms with E-state index < -0.39 is 5.97 Å². The minimum atomic E-state index is -0.603. The number of rotatable bonds is 3. The fraction of sp³-hybridized carbons (Fsp3) is 0.929. The maximum Gasteiger partial charge on any atom is 0.306 e. The van der Waals surface area contributed by atoms with E-state index in [9.17, 15) is 4.79 Å². The summed E-state index contributed by atoms with van der Waals surface area (Å²) in [6, 6.07) is 1.08. The van der Waals surface area contributed by atoms with Gasteiger partial charge in [-0.2, -0.15) is 0 Å². The number of carbonyl (C=O) groups is 1. The molecular formula is C14H25NO2. The summed E-state index contributed by atoms with van der Waals surface area (Å²) in [6.45, 7) is 2.33. The van der Waals surface area contributed by atoms with E-state index >= 15 is 0 Å². The van der Waals surface area contributed by atoms with Crippen molar-refractivity contribution in [1.82, 2.24) is 5.32 Å². The molecule has 98 valence electrons. The number of carboxylic acid groups (broad SMARTS) is 1. The Bertz CT molecular complexity index is 267. The van der Waals surface area contributed by atoms with Gasteiger partial charge < -0.3 is 10.4 Å². The Kier molecular flexibility index (Phi) is 4.43. The molecule has 0 aliphatic heterocycles. The van der Waals surface area contributed by atoms with E-state index in [-0.39, 0.29) is 5.92 Å². The second kappa shape index (κ2) is 5.85. The molecule has 3 nitrogen and oxygen atoms in total. The van der Waals surface area contributed by atoms with Crippen molar-refractivity contribution in [2.45, 2.75) is 70.4 Å². The minimum Gasteiger partial charge on any atom is -0.481 e. The zero-order valence-electron chi connectivity index (χ0n) is 10.8. The Hall–Kier alpha value is -0.570. The molecule has 0 aromatic rings. The summed E-state index contributed by atoms with van der Waals surface area (Å²) >= 11 is 0. The van der Waals surface area contributed by atoms with Gasteiger partial charge in [0.1, 0.15) is 0 Å². The first kappa shape index (κ1) is 12.9. The molecule has 0 amide bonds. The highest BCUT2D eigenvalue weighted by molar-refractivity contribution is 5.70. The number of carboxylic acids is 1. The third-order valence-corrected chi connectivity index (χ3v) is 4.43. The van der Waals surface area contributed by atoms with Gasteiger partial charge in [-0.1, -0.05) is 26.2 Å². The lowest BCUT2D eigenvalue weighted by molar-refractivity contribution is -0.143. The molecular weight excluding hydrogens is 214 g/mol. The van der Waals surface area contributed by atoms with Gasteiger partial charge in [-0.05, 0) is 38.0 Å². The summed E-state index contributed by atoms with van der Waals surface area (Å²) in [7, 11) is 0. The van der Waals surface area contributed by atoms with Crippen molar-refractivity contribution in [3.63, 3.8) is 0 Å². The monoisotopic (exact) mass is 239 g/mol. The summed E-state index contributed by atoms with van der Waals surface area (Å²) in [6.07, 6.45) is 9.17. The van der Waals surface area contributed by atoms with Crippen LogP contribution in [-0.2, 0) is 4.79 Å². The van der Waals surface area contributed by atoms with Gasteiger partial charge >= 0.3 is 5.97 Å². The number of hydrogen-bond donors (Lipinski definition) is 2. The van der Waals surface area contributed by atoms with Crippen LogP contribution in [0.2, 0.25) is 0 Å². The summed E-state index contributed by atoms with van der Waals surface area (Å²) in [5, 5.41) is 12.8. The van der Waals surface area contributed by atoms with Crippen molar-refractivity contribution >= 4 is 5.97 Å². The van der Waals surface area contributed by atoms with Crippen molar-refractivity contribution < 1.29 is 9.90 Å². The lowest BCUT2D eigenvalue weighted by Crippen LogP contribution is -2.44. The zero-order valence-corrected chi connectivity index (χ0v) is 10.8. The summed E-state index contributed by atoms with van der Waals surface area (Å²) in [5.74, 6) is 0.121. The highest BCUT2D eigenvalue weighted by Crippen LogP contribution is 2.28. The molecule has 0 bridgehead atoms. The highest BCUT2D eigenvalue weighted by atomic mass is 16.4. The Labute approximate surface area is 104 Å². The topological polar surface area (TPSA) is 49.3 Å². The molecule has 17 heavy (non-hydrogen) atoms. The summed E-state index contributed by atoms with van der Waals surface area (Å²) in [5.41, 5.74) is 0. The van der Waals surface area contributed by atoms with Gasteiger partial charge in [0.25, 0.3) is 0 Å². The van der Waals surface area contributed by atoms with E-state index in [2.05, 4.69) is 12.2 Å². The fourth-order valence-electron chi connectivity index (χ4n) is 3.48. The van der Waals surface area contributed by atoms with Crippen LogP contribution in [0, 0.1) is 11.8 Å². The Morgan fingerprint density at radius 3 is 2.35 bits per heavy atom. The van der Waals surface area contributed by atoms with E-state index in [1.165, 1.54) is 25.7 Å². The van der Waals surface area contributed by atoms with Crippen molar-refractivity contribution in [3.05, 3.63) is 0 Å². The van der Waals surface area contributed by atoms with E-state index in [0.717, 1.165) is 31.6 Å². The van der Waals surface area contributed by atoms with Gasteiger partial charge in [0, 0.05) is 12.1 Å². The lowest BCUT2D eigenvalue weighted by Gasteiger charge is -2.34. The van der Waals surface area contributed by atoms with E-state index in [1.54, 1.807) is 0 Å². The van der Waals surface area contributed by atoms with Gasteiger partial charge in [-0.15, -0.1) is 0 Å². The second-order valence-electron chi connectivity index (χ2n) is 6.03. The number of aliphatic carboxylic acids is 1. The van der Waals surface area contributed by atoms with Gasteiger partial charge in [0.05, 0.1) is 5.92 Å². The second-order valence-corrected chi connectivity index (χ2v) is 6.03. The molecule has 2 aliphatic rings. The Morgan fingerprint density at radius 2 is 1.71 bits per heavy atom. The van der Waals surface area contributed by atoms with Crippen molar-refractivity contribution in [2.75, 3.05) is 0 Å². The van der Waals surface area contributed by atoms with Crippen LogP contribution in [-0.4, -0.2) is 23.2 Å². The molecule has 0 heterocycles. The van der Waals surface area contributed by atoms with Gasteiger partial charge in [-0.25, -0.2) is 0 Å². The average Bonchev–Trinajstić information content (AvgIpc) is 2.29. The largest absolute Gasteiger partial charge is 0.481 e. The third-order valence-electron chi connectivity index (χ3n) is 4.43. The smallest absolute Gasteiger partial charge is 0.306 e. The first-order chi connectivity index (χ1) is 8.15. The van der Waals surface area contributed by atoms with Crippen LogP contribution < -0.4 is 5.32 Å². The van der Waals surface area contributed by atoms with Gasteiger partial charge in [-0.3, -0.25) is 4.79 Å². The van der Waals surface area contributed by atoms with Crippen molar-refractivity contribution in [2.24, 2.45) is 11.8 Å². The van der Waals surface area contributed by atoms with Crippen molar-refractivity contribution in [1.29, 1.82) is 0 Å². The van der Waals surface area contributed by atoms with Crippen LogP contribution in [0.1, 0.15) is 58.3 Å². The van der Waals surface area contributed by atoms with Crippen LogP contribution in [0.25, 0.3) is 0 Å². The summed E-state index contributed by atoms with van der Waals surface area (Å²) in [4.78, 5) is 11.0. The predicted molar refractivity (Wildman–Crippen MR) is 67.9 cm³/mol. The molecule has 0 spiro atoms. The lowest BCUT2D eigenvalue weighted by atomic mass is 9.83. The molecule has 2 aliphatic carbocycles. The quantitative estimate of drug-likeness (QED) is 0.796. The molecule has 0 saturated heterocycles.